The maximum atomic E-state index is 6.22. The number of allylic oxidation sites excluding steroid dienone is 1. The summed E-state index contributed by atoms with van der Waals surface area (Å²) in [6.07, 6.45) is 15.0. The van der Waals surface area contributed by atoms with Gasteiger partial charge in [-0.2, -0.15) is 0 Å². The summed E-state index contributed by atoms with van der Waals surface area (Å²) in [6, 6.07) is 35.6. The molecule has 11 heteroatoms. The van der Waals surface area contributed by atoms with Gasteiger partial charge in [0.05, 0.1) is 22.2 Å². The highest BCUT2D eigenvalue weighted by molar-refractivity contribution is 9.10. The van der Waals surface area contributed by atoms with Crippen LogP contribution in [0.3, 0.4) is 0 Å². The van der Waals surface area contributed by atoms with E-state index in [4.69, 9.17) is 20.9 Å². The number of nitrogens with zero attached hydrogens (tertiary/aromatic N) is 5. The third kappa shape index (κ3) is 9.15. The fourth-order valence-corrected chi connectivity index (χ4v) is 8.58. The van der Waals surface area contributed by atoms with Gasteiger partial charge in [0.2, 0.25) is 0 Å². The quantitative estimate of drug-likeness (QED) is 0.162. The van der Waals surface area contributed by atoms with Crippen LogP contribution in [-0.4, -0.2) is 42.0 Å². The van der Waals surface area contributed by atoms with Gasteiger partial charge in [0.25, 0.3) is 0 Å². The number of rotatable bonds is 2. The Morgan fingerprint density at radius 2 is 1.18 bits per heavy atom. The van der Waals surface area contributed by atoms with Crippen LogP contribution < -0.4 is 5.46 Å². The van der Waals surface area contributed by atoms with E-state index in [9.17, 15) is 0 Å². The minimum absolute atomic E-state index is 0.283. The van der Waals surface area contributed by atoms with Crippen molar-refractivity contribution in [1.82, 2.24) is 23.7 Å². The van der Waals surface area contributed by atoms with Gasteiger partial charge in [-0.1, -0.05) is 79.9 Å². The topological polar surface area (TPSA) is 59.0 Å². The van der Waals surface area contributed by atoms with Crippen molar-refractivity contribution < 1.29 is 9.31 Å². The van der Waals surface area contributed by atoms with Gasteiger partial charge in [0, 0.05) is 99.0 Å². The van der Waals surface area contributed by atoms with Crippen molar-refractivity contribution in [2.75, 3.05) is 0 Å². The summed E-state index contributed by atoms with van der Waals surface area (Å²) in [7, 11) is 5.87. The van der Waals surface area contributed by atoms with E-state index < -0.39 is 0 Å². The van der Waals surface area contributed by atoms with Gasteiger partial charge in [-0.3, -0.25) is 9.97 Å². The highest BCUT2D eigenvalue weighted by Crippen LogP contribution is 2.37. The summed E-state index contributed by atoms with van der Waals surface area (Å²) >= 11 is 13.1. The second-order valence-corrected chi connectivity index (χ2v) is 18.8. The van der Waals surface area contributed by atoms with Crippen molar-refractivity contribution in [3.05, 3.63) is 165 Å². The van der Waals surface area contributed by atoms with Gasteiger partial charge >= 0.3 is 7.12 Å². The number of aryl methyl sites for hydroxylation is 3. The van der Waals surface area contributed by atoms with Crippen LogP contribution in [0.2, 0.25) is 5.02 Å². The average molecular weight is 956 g/mol. The molecule has 61 heavy (non-hydrogen) atoms. The van der Waals surface area contributed by atoms with Crippen molar-refractivity contribution in [1.29, 1.82) is 0 Å². The monoisotopic (exact) mass is 953 g/mol. The van der Waals surface area contributed by atoms with Gasteiger partial charge in [0.15, 0.2) is 0 Å². The van der Waals surface area contributed by atoms with Gasteiger partial charge in [-0.25, -0.2) is 0 Å². The van der Waals surface area contributed by atoms with Crippen LogP contribution >= 0.6 is 43.5 Å². The largest absolute Gasteiger partial charge is 0.494 e. The van der Waals surface area contributed by atoms with Gasteiger partial charge < -0.3 is 23.0 Å². The number of aromatic nitrogens is 5. The lowest BCUT2D eigenvalue weighted by Crippen LogP contribution is -2.41. The van der Waals surface area contributed by atoms with Crippen LogP contribution in [0.15, 0.2) is 149 Å². The zero-order valence-electron chi connectivity index (χ0n) is 35.3. The first kappa shape index (κ1) is 42.7. The molecule has 1 saturated heterocycles. The molecule has 0 amide bonds. The Morgan fingerprint density at radius 3 is 1.85 bits per heavy atom. The first-order valence-electron chi connectivity index (χ1n) is 20.2. The van der Waals surface area contributed by atoms with Gasteiger partial charge in [-0.05, 0) is 141 Å². The highest BCUT2D eigenvalue weighted by atomic mass is 79.9. The third-order valence-electron chi connectivity index (χ3n) is 11.8. The molecule has 5 heterocycles. The summed E-state index contributed by atoms with van der Waals surface area (Å²) in [5.41, 5.74) is 10.8. The summed E-state index contributed by atoms with van der Waals surface area (Å²) in [6.45, 7) is 8.31. The second kappa shape index (κ2) is 17.4. The number of hydrogen-bond acceptors (Lipinski definition) is 4. The van der Waals surface area contributed by atoms with E-state index in [2.05, 4.69) is 219 Å². The molecule has 7 nitrogen and oxygen atoms in total. The average Bonchev–Trinajstić information content (AvgIpc) is 4.06. The highest BCUT2D eigenvalue weighted by Gasteiger charge is 2.51. The van der Waals surface area contributed by atoms with Crippen LogP contribution in [0.4, 0.5) is 0 Å². The van der Waals surface area contributed by atoms with E-state index in [-0.39, 0.29) is 18.3 Å². The minimum Gasteiger partial charge on any atom is -0.399 e. The van der Waals surface area contributed by atoms with Crippen LogP contribution in [0.25, 0.3) is 60.9 Å². The number of fused-ring (bicyclic) bond motifs is 5. The Bertz CT molecular complexity index is 3060. The predicted molar refractivity (Wildman–Crippen MR) is 263 cm³/mol. The summed E-state index contributed by atoms with van der Waals surface area (Å²) in [4.78, 5) is 8.80. The van der Waals surface area contributed by atoms with E-state index in [1.54, 1.807) is 12.4 Å². The number of benzene rings is 5. The van der Waals surface area contributed by atoms with Crippen molar-refractivity contribution in [3.63, 3.8) is 0 Å². The molecule has 9 aromatic rings. The maximum Gasteiger partial charge on any atom is 0.494 e. The fraction of sp³-hybridized carbons (Fsp3) is 0.200. The Hall–Kier alpha value is -4.97. The van der Waals surface area contributed by atoms with Gasteiger partial charge in [0.1, 0.15) is 0 Å². The molecule has 2 aliphatic rings. The molecule has 1 fully saturated rings. The molecule has 0 atom stereocenters. The Balaban J connectivity index is 0.000000118. The zero-order valence-corrected chi connectivity index (χ0v) is 39.3. The summed E-state index contributed by atoms with van der Waals surface area (Å²) in [5.74, 6) is 0. The molecule has 0 spiro atoms. The molecule has 1 aliphatic heterocycles. The van der Waals surface area contributed by atoms with E-state index in [0.29, 0.717) is 5.02 Å². The molecule has 5 aromatic carbocycles. The molecule has 0 radical (unpaired) electrons. The van der Waals surface area contributed by atoms with Crippen molar-refractivity contribution in [3.8, 4) is 11.1 Å². The lowest BCUT2D eigenvalue weighted by atomic mass is 9.79. The molecule has 0 unspecified atom stereocenters. The SMILES string of the molecule is Brc1ccc2c(c1)C=CC2.Cn1ccc2cc(-c3cc(Cl)cc4nccnc34)ccc21.Cn1ccc2cc(B3OC(C)(C)C(C)(C)O3)ccc21.Cn1ccc2cc(Br)ccc21. The maximum absolute atomic E-state index is 6.22. The third-order valence-corrected chi connectivity index (χ3v) is 13.0. The molecule has 0 bridgehead atoms. The molecule has 4 aromatic heterocycles. The molecule has 308 valence electrons. The molecule has 0 saturated carbocycles. The predicted octanol–water partition coefficient (Wildman–Crippen LogP) is 12.9. The van der Waals surface area contributed by atoms with Crippen LogP contribution in [0.5, 0.6) is 0 Å². The van der Waals surface area contributed by atoms with Crippen LogP contribution in [-0.2, 0) is 36.9 Å². The molecule has 0 N–H and O–H groups in total. The summed E-state index contributed by atoms with van der Waals surface area (Å²) < 4.78 is 20.8. The lowest BCUT2D eigenvalue weighted by Gasteiger charge is -2.32. The van der Waals surface area contributed by atoms with Crippen molar-refractivity contribution >= 4 is 106 Å². The van der Waals surface area contributed by atoms with Crippen molar-refractivity contribution in [2.24, 2.45) is 21.1 Å². The van der Waals surface area contributed by atoms with Gasteiger partial charge in [-0.15, -0.1) is 0 Å². The standard InChI is InChI=1S/C17H12ClN3.C15H20BNO2.C9H8BrN.C9H7Br/c1-21-7-4-12-8-11(2-3-16(12)21)14-9-13(18)10-15-17(14)20-6-5-19-15;1-14(2)15(3,4)19-16(18-14)12-6-7-13-11(10-12)8-9-17(13)5;1-11-5-4-7-6-8(10)2-3-9(7)11;10-9-5-4-7-2-1-3-8(7)6-9/h2-10H,1H3;6-10H,1-5H3;2-6H,1H3;1,3-6H,2H2. The van der Waals surface area contributed by atoms with E-state index in [1.807, 2.05) is 19.2 Å². The first-order chi connectivity index (χ1) is 29.2. The molecule has 1 aliphatic carbocycles. The molecule has 11 rings (SSSR count). The smallest absolute Gasteiger partial charge is 0.399 e. The first-order valence-corrected chi connectivity index (χ1v) is 22.1. The molecular weight excluding hydrogens is 909 g/mol. The van der Waals surface area contributed by atoms with Crippen LogP contribution in [0, 0.1) is 0 Å². The second-order valence-electron chi connectivity index (χ2n) is 16.5. The zero-order chi connectivity index (χ0) is 43.1. The Morgan fingerprint density at radius 1 is 0.623 bits per heavy atom. The fourth-order valence-electron chi connectivity index (χ4n) is 7.61. The molecular formula is C50H47BBr2ClN5O2. The minimum atomic E-state index is -0.288. The number of halogens is 3. The summed E-state index contributed by atoms with van der Waals surface area (Å²) in [5, 5.41) is 4.37. The normalized spacial score (nSPS) is 14.7. The van der Waals surface area contributed by atoms with E-state index in [1.165, 1.54) is 43.8 Å². The Labute approximate surface area is 379 Å². The Kier molecular flexibility index (Phi) is 12.2. The number of hydrogen-bond donors (Lipinski definition) is 0. The van der Waals surface area contributed by atoms with Crippen molar-refractivity contribution in [2.45, 2.75) is 45.3 Å². The lowest BCUT2D eigenvalue weighted by molar-refractivity contribution is 0.00578. The van der Waals surface area contributed by atoms with E-state index in [0.717, 1.165) is 43.0 Å². The van der Waals surface area contributed by atoms with Crippen LogP contribution in [0.1, 0.15) is 38.8 Å². The van der Waals surface area contributed by atoms with E-state index >= 15 is 0 Å².